The SMILES string of the molecule is O=[N+]([O-])c1cc(-c2oc(O)c3cccnc23)ccc1Cl. The molecule has 3 rings (SSSR count). The lowest BCUT2D eigenvalue weighted by Gasteiger charge is -1.99. The van der Waals surface area contributed by atoms with Crippen LogP contribution < -0.4 is 0 Å². The van der Waals surface area contributed by atoms with Crippen molar-refractivity contribution in [3.05, 3.63) is 51.7 Å². The van der Waals surface area contributed by atoms with Crippen molar-refractivity contribution < 1.29 is 14.4 Å². The van der Waals surface area contributed by atoms with Gasteiger partial charge in [-0.15, -0.1) is 0 Å². The fraction of sp³-hybridized carbons (Fsp3) is 0. The molecule has 0 aliphatic heterocycles. The Kier molecular flexibility index (Phi) is 2.80. The number of aromatic nitrogens is 1. The lowest BCUT2D eigenvalue weighted by atomic mass is 10.1. The van der Waals surface area contributed by atoms with Crippen LogP contribution in [0, 0.1) is 10.1 Å². The van der Waals surface area contributed by atoms with Crippen molar-refractivity contribution in [2.24, 2.45) is 0 Å². The molecular formula is C13H7ClN2O4. The van der Waals surface area contributed by atoms with Gasteiger partial charge in [-0.1, -0.05) is 11.6 Å². The van der Waals surface area contributed by atoms with Crippen LogP contribution in [0.5, 0.6) is 5.95 Å². The molecule has 0 bridgehead atoms. The number of rotatable bonds is 2. The van der Waals surface area contributed by atoms with Gasteiger partial charge in [0, 0.05) is 17.8 Å². The van der Waals surface area contributed by atoms with E-state index < -0.39 is 4.92 Å². The van der Waals surface area contributed by atoms with Crippen LogP contribution in [0.3, 0.4) is 0 Å². The summed E-state index contributed by atoms with van der Waals surface area (Å²) in [6.07, 6.45) is 1.55. The predicted molar refractivity (Wildman–Crippen MR) is 72.8 cm³/mol. The van der Waals surface area contributed by atoms with Gasteiger partial charge in [-0.05, 0) is 24.3 Å². The summed E-state index contributed by atoms with van der Waals surface area (Å²) in [6.45, 7) is 0. The van der Waals surface area contributed by atoms with Crippen LogP contribution in [0.25, 0.3) is 22.2 Å². The van der Waals surface area contributed by atoms with Crippen LogP contribution >= 0.6 is 11.6 Å². The third-order valence-corrected chi connectivity index (χ3v) is 3.18. The zero-order valence-corrected chi connectivity index (χ0v) is 10.7. The summed E-state index contributed by atoms with van der Waals surface area (Å²) in [5.41, 5.74) is 0.621. The standard InChI is InChI=1S/C13H7ClN2O4/c14-9-4-3-7(6-10(9)16(18)19)12-11-8(13(17)20-12)2-1-5-15-11/h1-6,17H. The molecule has 3 aromatic rings. The third-order valence-electron chi connectivity index (χ3n) is 2.86. The largest absolute Gasteiger partial charge is 0.480 e. The van der Waals surface area contributed by atoms with E-state index in [9.17, 15) is 15.2 Å². The number of hydrogen-bond acceptors (Lipinski definition) is 5. The Hall–Kier alpha value is -2.60. The van der Waals surface area contributed by atoms with E-state index in [0.717, 1.165) is 0 Å². The number of hydrogen-bond donors (Lipinski definition) is 1. The van der Waals surface area contributed by atoms with E-state index >= 15 is 0 Å². The molecule has 0 unspecified atom stereocenters. The summed E-state index contributed by atoms with van der Waals surface area (Å²) in [7, 11) is 0. The Labute approximate surface area is 117 Å². The highest BCUT2D eigenvalue weighted by Gasteiger charge is 2.19. The normalized spacial score (nSPS) is 10.8. The summed E-state index contributed by atoms with van der Waals surface area (Å²) in [5.74, 6) is -0.0152. The zero-order valence-electron chi connectivity index (χ0n) is 9.91. The van der Waals surface area contributed by atoms with Gasteiger partial charge in [0.15, 0.2) is 5.76 Å². The van der Waals surface area contributed by atoms with Gasteiger partial charge in [-0.25, -0.2) is 0 Å². The summed E-state index contributed by atoms with van der Waals surface area (Å²) < 4.78 is 5.25. The van der Waals surface area contributed by atoms with Gasteiger partial charge in [0.25, 0.3) is 11.6 Å². The van der Waals surface area contributed by atoms with Gasteiger partial charge in [-0.2, -0.15) is 0 Å². The van der Waals surface area contributed by atoms with Gasteiger partial charge < -0.3 is 9.52 Å². The second-order valence-corrected chi connectivity index (χ2v) is 4.47. The highest BCUT2D eigenvalue weighted by atomic mass is 35.5. The third kappa shape index (κ3) is 1.86. The second kappa shape index (κ2) is 4.50. The maximum Gasteiger partial charge on any atom is 0.292 e. The molecule has 0 aliphatic rings. The highest BCUT2D eigenvalue weighted by molar-refractivity contribution is 6.32. The average molecular weight is 291 g/mol. The van der Waals surface area contributed by atoms with Gasteiger partial charge in [-0.3, -0.25) is 15.1 Å². The molecule has 7 heteroatoms. The number of benzene rings is 1. The van der Waals surface area contributed by atoms with Gasteiger partial charge in [0.05, 0.1) is 10.3 Å². The molecule has 0 saturated heterocycles. The van der Waals surface area contributed by atoms with Crippen molar-refractivity contribution >= 4 is 28.2 Å². The topological polar surface area (TPSA) is 89.4 Å². The smallest absolute Gasteiger partial charge is 0.292 e. The molecule has 2 heterocycles. The summed E-state index contributed by atoms with van der Waals surface area (Å²) in [6, 6.07) is 7.57. The van der Waals surface area contributed by atoms with Crippen LogP contribution in [0.1, 0.15) is 0 Å². The fourth-order valence-corrected chi connectivity index (χ4v) is 2.13. The van der Waals surface area contributed by atoms with Crippen LogP contribution in [-0.2, 0) is 0 Å². The van der Waals surface area contributed by atoms with E-state index in [-0.39, 0.29) is 22.4 Å². The van der Waals surface area contributed by atoms with Gasteiger partial charge >= 0.3 is 0 Å². The second-order valence-electron chi connectivity index (χ2n) is 4.06. The van der Waals surface area contributed by atoms with E-state index in [1.807, 2.05) is 0 Å². The molecule has 0 amide bonds. The van der Waals surface area contributed by atoms with Crippen LogP contribution in [-0.4, -0.2) is 15.0 Å². The first kappa shape index (κ1) is 12.4. The van der Waals surface area contributed by atoms with E-state index in [4.69, 9.17) is 16.0 Å². The van der Waals surface area contributed by atoms with Crippen molar-refractivity contribution in [2.75, 3.05) is 0 Å². The number of nitro benzene ring substituents is 1. The molecule has 0 saturated carbocycles. The molecule has 20 heavy (non-hydrogen) atoms. The summed E-state index contributed by atoms with van der Waals surface area (Å²) >= 11 is 5.76. The molecule has 100 valence electrons. The molecule has 0 fully saturated rings. The molecule has 0 atom stereocenters. The molecule has 0 radical (unpaired) electrons. The first-order valence-corrected chi connectivity index (χ1v) is 5.96. The van der Waals surface area contributed by atoms with Crippen LogP contribution in [0.2, 0.25) is 5.02 Å². The van der Waals surface area contributed by atoms with Crippen molar-refractivity contribution in [1.29, 1.82) is 0 Å². The molecule has 0 aliphatic carbocycles. The predicted octanol–water partition coefficient (Wildman–Crippen LogP) is 3.76. The molecule has 1 aromatic carbocycles. The lowest BCUT2D eigenvalue weighted by Crippen LogP contribution is -1.89. The fourth-order valence-electron chi connectivity index (χ4n) is 1.95. The first-order valence-electron chi connectivity index (χ1n) is 5.58. The molecule has 6 nitrogen and oxygen atoms in total. The minimum atomic E-state index is -0.579. The maximum atomic E-state index is 10.9. The first-order chi connectivity index (χ1) is 9.58. The number of fused-ring (bicyclic) bond motifs is 1. The Morgan fingerprint density at radius 3 is 2.90 bits per heavy atom. The minimum absolute atomic E-state index is 0.0341. The maximum absolute atomic E-state index is 10.9. The zero-order chi connectivity index (χ0) is 14.3. The van der Waals surface area contributed by atoms with Crippen molar-refractivity contribution in [1.82, 2.24) is 4.98 Å². The van der Waals surface area contributed by atoms with Crippen LogP contribution in [0.4, 0.5) is 5.69 Å². The molecule has 0 spiro atoms. The average Bonchev–Trinajstić information content (AvgIpc) is 2.77. The molecule has 1 N–H and O–H groups in total. The van der Waals surface area contributed by atoms with Crippen molar-refractivity contribution in [3.8, 4) is 17.3 Å². The number of halogens is 1. The van der Waals surface area contributed by atoms with E-state index in [1.165, 1.54) is 12.1 Å². The van der Waals surface area contributed by atoms with Crippen LogP contribution in [0.15, 0.2) is 40.9 Å². The Morgan fingerprint density at radius 2 is 2.15 bits per heavy atom. The Morgan fingerprint density at radius 1 is 1.35 bits per heavy atom. The number of pyridine rings is 1. The van der Waals surface area contributed by atoms with Gasteiger partial charge in [0.1, 0.15) is 10.5 Å². The summed E-state index contributed by atoms with van der Waals surface area (Å²) in [4.78, 5) is 14.4. The van der Waals surface area contributed by atoms with Crippen molar-refractivity contribution in [3.63, 3.8) is 0 Å². The Bertz CT molecular complexity index is 828. The summed E-state index contributed by atoms with van der Waals surface area (Å²) in [5, 5.41) is 21.1. The quantitative estimate of drug-likeness (QED) is 0.573. The number of furan rings is 1. The Balaban J connectivity index is 2.26. The number of nitro groups is 1. The highest BCUT2D eigenvalue weighted by Crippen LogP contribution is 2.38. The van der Waals surface area contributed by atoms with Crippen molar-refractivity contribution in [2.45, 2.75) is 0 Å². The monoisotopic (exact) mass is 290 g/mol. The minimum Gasteiger partial charge on any atom is -0.480 e. The van der Waals surface area contributed by atoms with E-state index in [2.05, 4.69) is 4.98 Å². The lowest BCUT2D eigenvalue weighted by molar-refractivity contribution is -0.384. The molecular weight excluding hydrogens is 284 g/mol. The molecule has 2 aromatic heterocycles. The number of nitrogens with zero attached hydrogens (tertiary/aromatic N) is 2. The number of aromatic hydroxyl groups is 1. The van der Waals surface area contributed by atoms with Gasteiger partial charge in [0.2, 0.25) is 0 Å². The van der Waals surface area contributed by atoms with E-state index in [1.54, 1.807) is 24.4 Å². The van der Waals surface area contributed by atoms with E-state index in [0.29, 0.717) is 16.5 Å².